The van der Waals surface area contributed by atoms with Crippen LogP contribution in [-0.4, -0.2) is 15.2 Å². The van der Waals surface area contributed by atoms with Crippen LogP contribution in [0.5, 0.6) is 11.6 Å². The Balaban J connectivity index is 1.98. The van der Waals surface area contributed by atoms with Gasteiger partial charge >= 0.3 is 0 Å². The lowest BCUT2D eigenvalue weighted by molar-refractivity contribution is 0.469. The quantitative estimate of drug-likeness (QED) is 0.651. The summed E-state index contributed by atoms with van der Waals surface area (Å²) in [6.45, 7) is 0. The minimum absolute atomic E-state index is 0.597. The maximum atomic E-state index is 5.76. The van der Waals surface area contributed by atoms with Crippen LogP contribution in [0, 0.1) is 0 Å². The molecule has 3 rings (SSSR count). The number of aromatic nitrogens is 1. The maximum Gasteiger partial charge on any atom is 0.219 e. The molecule has 0 N–H and O–H groups in total. The summed E-state index contributed by atoms with van der Waals surface area (Å²) in [5, 5.41) is 2.02. The normalized spacial score (nSPS) is 10.5. The molecule has 0 aliphatic carbocycles. The van der Waals surface area contributed by atoms with Gasteiger partial charge in [0.25, 0.3) is 0 Å². The van der Waals surface area contributed by atoms with Crippen LogP contribution in [-0.2, 0) is 0 Å². The molecule has 3 aromatic rings. The van der Waals surface area contributed by atoms with Gasteiger partial charge < -0.3 is 4.74 Å². The van der Waals surface area contributed by atoms with Crippen molar-refractivity contribution in [2.24, 2.45) is 0 Å². The molecule has 0 saturated carbocycles. The molecule has 0 spiro atoms. The molecule has 1 heterocycles. The Morgan fingerprint density at radius 3 is 2.50 bits per heavy atom. The monoisotopic (exact) mass is 248 g/mol. The highest BCUT2D eigenvalue weighted by molar-refractivity contribution is 6.34. The van der Waals surface area contributed by atoms with Crippen LogP contribution in [0.2, 0.25) is 0 Å². The van der Waals surface area contributed by atoms with E-state index in [0.717, 1.165) is 21.8 Å². The fourth-order valence-electron chi connectivity index (χ4n) is 1.77. The van der Waals surface area contributed by atoms with Crippen molar-refractivity contribution in [1.29, 1.82) is 0 Å². The molecule has 2 nitrogen and oxygen atoms in total. The van der Waals surface area contributed by atoms with Crippen molar-refractivity contribution in [1.82, 2.24) is 4.98 Å². The first-order valence-corrected chi connectivity index (χ1v) is 6.17. The summed E-state index contributed by atoms with van der Waals surface area (Å²) in [6, 6.07) is 19.6. The van der Waals surface area contributed by atoms with Crippen LogP contribution in [0.25, 0.3) is 10.9 Å². The van der Waals surface area contributed by atoms with Crippen LogP contribution in [0.3, 0.4) is 0 Å². The summed E-state index contributed by atoms with van der Waals surface area (Å²) in [5.41, 5.74) is 0.932. The maximum absolute atomic E-state index is 5.76. The molecule has 3 heteroatoms. The second-order valence-electron chi connectivity index (χ2n) is 3.94. The molecule has 3 radical (unpaired) electrons. The minimum atomic E-state index is 0.597. The molecule has 0 aliphatic rings. The van der Waals surface area contributed by atoms with E-state index in [1.807, 2.05) is 60.7 Å². The first-order chi connectivity index (χ1) is 8.83. The summed E-state index contributed by atoms with van der Waals surface area (Å²) in [7, 11) is 3.50. The van der Waals surface area contributed by atoms with E-state index in [1.54, 1.807) is 0 Å². The van der Waals surface area contributed by atoms with Crippen LogP contribution >= 0.6 is 0 Å². The SMILES string of the molecule is [Si]c1ccccc1Oc1ccc2ccccc2n1. The molecule has 1 aromatic heterocycles. The summed E-state index contributed by atoms with van der Waals surface area (Å²) in [6.07, 6.45) is 0. The van der Waals surface area contributed by atoms with Crippen LogP contribution < -0.4 is 9.92 Å². The minimum Gasteiger partial charge on any atom is -0.439 e. The predicted octanol–water partition coefficient (Wildman–Crippen LogP) is 2.82. The van der Waals surface area contributed by atoms with Gasteiger partial charge in [-0.15, -0.1) is 0 Å². The molecule has 0 saturated heterocycles. The van der Waals surface area contributed by atoms with E-state index in [9.17, 15) is 0 Å². The van der Waals surface area contributed by atoms with Crippen LogP contribution in [0.4, 0.5) is 0 Å². The molecule has 0 atom stereocenters. The fraction of sp³-hybridized carbons (Fsp3) is 0. The molecule has 0 aliphatic heterocycles. The smallest absolute Gasteiger partial charge is 0.219 e. The number of hydrogen-bond donors (Lipinski definition) is 0. The number of fused-ring (bicyclic) bond motifs is 1. The third kappa shape index (κ3) is 2.13. The molecule has 2 aromatic carbocycles. The number of nitrogens with zero attached hydrogens (tertiary/aromatic N) is 1. The highest BCUT2D eigenvalue weighted by atomic mass is 28.1. The van der Waals surface area contributed by atoms with E-state index >= 15 is 0 Å². The average Bonchev–Trinajstić information content (AvgIpc) is 2.41. The highest BCUT2D eigenvalue weighted by Gasteiger charge is 2.02. The predicted molar refractivity (Wildman–Crippen MR) is 73.6 cm³/mol. The first kappa shape index (κ1) is 11.0. The molecule has 0 bridgehead atoms. The molecular formula is C15H10NOSi. The van der Waals surface area contributed by atoms with Crippen molar-refractivity contribution in [3.8, 4) is 11.6 Å². The lowest BCUT2D eigenvalue weighted by Crippen LogP contribution is -2.05. The molecular weight excluding hydrogens is 238 g/mol. The Kier molecular flexibility index (Phi) is 2.82. The standard InChI is InChI=1S/C15H10NOSi/c18-14-8-4-3-7-13(14)17-15-10-9-11-5-1-2-6-12(11)16-15/h1-10H. The van der Waals surface area contributed by atoms with Crippen molar-refractivity contribution >= 4 is 26.3 Å². The van der Waals surface area contributed by atoms with E-state index in [-0.39, 0.29) is 0 Å². The third-order valence-electron chi connectivity index (χ3n) is 2.67. The van der Waals surface area contributed by atoms with Gasteiger partial charge in [0, 0.05) is 11.5 Å². The van der Waals surface area contributed by atoms with E-state index in [4.69, 9.17) is 4.74 Å². The Hall–Kier alpha value is -2.13. The lowest BCUT2D eigenvalue weighted by atomic mass is 10.2. The second-order valence-corrected chi connectivity index (χ2v) is 4.48. The van der Waals surface area contributed by atoms with Gasteiger partial charge in [0.2, 0.25) is 5.88 Å². The van der Waals surface area contributed by atoms with Crippen molar-refractivity contribution in [2.45, 2.75) is 0 Å². The number of hydrogen-bond acceptors (Lipinski definition) is 2. The number of rotatable bonds is 2. The first-order valence-electron chi connectivity index (χ1n) is 5.67. The van der Waals surface area contributed by atoms with E-state index in [1.165, 1.54) is 0 Å². The topological polar surface area (TPSA) is 22.1 Å². The summed E-state index contributed by atoms with van der Waals surface area (Å²) in [5.74, 6) is 1.36. The Bertz CT molecular complexity index is 697. The van der Waals surface area contributed by atoms with Gasteiger partial charge in [-0.3, -0.25) is 0 Å². The number of benzene rings is 2. The van der Waals surface area contributed by atoms with Gasteiger partial charge in [0.15, 0.2) is 0 Å². The average molecular weight is 248 g/mol. The second kappa shape index (κ2) is 4.62. The molecule has 0 fully saturated rings. The number of para-hydroxylation sites is 2. The van der Waals surface area contributed by atoms with Gasteiger partial charge in [-0.05, 0) is 23.4 Å². The zero-order chi connectivity index (χ0) is 12.4. The van der Waals surface area contributed by atoms with Crippen molar-refractivity contribution < 1.29 is 4.74 Å². The largest absolute Gasteiger partial charge is 0.439 e. The van der Waals surface area contributed by atoms with Crippen molar-refractivity contribution in [3.05, 3.63) is 60.7 Å². The summed E-state index contributed by atoms with van der Waals surface area (Å²) < 4.78 is 5.76. The van der Waals surface area contributed by atoms with Gasteiger partial charge in [-0.25, -0.2) is 4.98 Å². The Morgan fingerprint density at radius 1 is 0.833 bits per heavy atom. The zero-order valence-corrected chi connectivity index (χ0v) is 10.6. The molecule has 0 unspecified atom stereocenters. The Labute approximate surface area is 109 Å². The summed E-state index contributed by atoms with van der Waals surface area (Å²) >= 11 is 0. The molecule has 85 valence electrons. The highest BCUT2D eigenvalue weighted by Crippen LogP contribution is 2.20. The van der Waals surface area contributed by atoms with E-state index in [0.29, 0.717) is 5.88 Å². The lowest BCUT2D eigenvalue weighted by Gasteiger charge is -2.08. The van der Waals surface area contributed by atoms with Crippen LogP contribution in [0.1, 0.15) is 0 Å². The van der Waals surface area contributed by atoms with E-state index < -0.39 is 0 Å². The summed E-state index contributed by atoms with van der Waals surface area (Å²) in [4.78, 5) is 4.47. The molecule has 18 heavy (non-hydrogen) atoms. The third-order valence-corrected chi connectivity index (χ3v) is 3.09. The van der Waals surface area contributed by atoms with Gasteiger partial charge in [-0.2, -0.15) is 0 Å². The van der Waals surface area contributed by atoms with Gasteiger partial charge in [0.05, 0.1) is 15.8 Å². The molecule has 0 amide bonds. The Morgan fingerprint density at radius 2 is 1.61 bits per heavy atom. The van der Waals surface area contributed by atoms with Gasteiger partial charge in [0.1, 0.15) is 5.75 Å². The number of pyridine rings is 1. The number of ether oxygens (including phenoxy) is 1. The van der Waals surface area contributed by atoms with Crippen LogP contribution in [0.15, 0.2) is 60.7 Å². The fourth-order valence-corrected chi connectivity index (χ4v) is 2.00. The van der Waals surface area contributed by atoms with E-state index in [2.05, 4.69) is 15.2 Å². The van der Waals surface area contributed by atoms with Crippen molar-refractivity contribution in [2.75, 3.05) is 0 Å². The van der Waals surface area contributed by atoms with Gasteiger partial charge in [-0.1, -0.05) is 36.4 Å². The zero-order valence-electron chi connectivity index (χ0n) is 9.63. The van der Waals surface area contributed by atoms with Crippen molar-refractivity contribution in [3.63, 3.8) is 0 Å².